The predicted octanol–water partition coefficient (Wildman–Crippen LogP) is 7.94. The molecule has 0 amide bonds. The summed E-state index contributed by atoms with van der Waals surface area (Å²) >= 11 is 1.84. The summed E-state index contributed by atoms with van der Waals surface area (Å²) in [6.07, 6.45) is 2.21. The first-order chi connectivity index (χ1) is 15.4. The highest BCUT2D eigenvalue weighted by Crippen LogP contribution is 2.38. The number of aromatic nitrogens is 2. The first-order valence-electron chi connectivity index (χ1n) is 10.5. The van der Waals surface area contributed by atoms with Crippen molar-refractivity contribution in [3.63, 3.8) is 0 Å². The van der Waals surface area contributed by atoms with E-state index in [-0.39, 0.29) is 0 Å². The van der Waals surface area contributed by atoms with Crippen LogP contribution in [0.1, 0.15) is 0 Å². The van der Waals surface area contributed by atoms with E-state index >= 15 is 0 Å². The Labute approximate surface area is 183 Å². The van der Waals surface area contributed by atoms with E-state index in [0.29, 0.717) is 0 Å². The molecule has 0 saturated heterocycles. The molecule has 3 heterocycles. The standard InChI is InChI=1S/C28H18N2S/c1-2-9-20(10-3-1)30-25-12-6-5-11-21(25)22-14-15-24-23(28(22)30)16-17-29(24)27-18-19-8-4-7-13-26(19)31-27/h1-18H. The summed E-state index contributed by atoms with van der Waals surface area (Å²) in [5.41, 5.74) is 4.94. The number of para-hydroxylation sites is 2. The highest BCUT2D eigenvalue weighted by Gasteiger charge is 2.17. The van der Waals surface area contributed by atoms with Gasteiger partial charge in [-0.2, -0.15) is 0 Å². The average Bonchev–Trinajstić information content (AvgIpc) is 3.52. The molecular weight excluding hydrogens is 396 g/mol. The molecule has 31 heavy (non-hydrogen) atoms. The van der Waals surface area contributed by atoms with Crippen molar-refractivity contribution in [2.75, 3.05) is 0 Å². The van der Waals surface area contributed by atoms with E-state index < -0.39 is 0 Å². The zero-order valence-electron chi connectivity index (χ0n) is 16.7. The van der Waals surface area contributed by atoms with Crippen LogP contribution >= 0.6 is 11.3 Å². The maximum Gasteiger partial charge on any atom is 0.101 e. The van der Waals surface area contributed by atoms with E-state index in [2.05, 4.69) is 118 Å². The number of fused-ring (bicyclic) bond motifs is 6. The fourth-order valence-electron chi connectivity index (χ4n) is 4.80. The summed E-state index contributed by atoms with van der Waals surface area (Å²) in [6, 6.07) is 37.1. The topological polar surface area (TPSA) is 9.86 Å². The molecule has 0 spiro atoms. The van der Waals surface area contributed by atoms with Gasteiger partial charge in [-0.05, 0) is 47.9 Å². The molecule has 0 aliphatic carbocycles. The second-order valence-electron chi connectivity index (χ2n) is 7.89. The molecule has 0 atom stereocenters. The molecule has 0 N–H and O–H groups in total. The van der Waals surface area contributed by atoms with E-state index in [4.69, 9.17) is 0 Å². The van der Waals surface area contributed by atoms with Crippen molar-refractivity contribution in [3.8, 4) is 10.7 Å². The number of hydrogen-bond donors (Lipinski definition) is 0. The molecule has 0 aliphatic rings. The number of nitrogens with zero attached hydrogens (tertiary/aromatic N) is 2. The number of thiophene rings is 1. The van der Waals surface area contributed by atoms with Crippen LogP contribution in [0, 0.1) is 0 Å². The molecule has 0 bridgehead atoms. The Hall–Kier alpha value is -3.82. The molecule has 2 nitrogen and oxygen atoms in total. The minimum absolute atomic E-state index is 1.19. The fraction of sp³-hybridized carbons (Fsp3) is 0. The molecule has 0 aliphatic heterocycles. The van der Waals surface area contributed by atoms with Crippen LogP contribution in [0.5, 0.6) is 0 Å². The van der Waals surface area contributed by atoms with Crippen LogP contribution in [-0.2, 0) is 0 Å². The Bertz CT molecular complexity index is 1700. The molecule has 0 fully saturated rings. The molecule has 3 aromatic heterocycles. The summed E-state index contributed by atoms with van der Waals surface area (Å²) in [5, 5.41) is 6.40. The molecule has 146 valence electrons. The van der Waals surface area contributed by atoms with Gasteiger partial charge in [-0.25, -0.2) is 0 Å². The van der Waals surface area contributed by atoms with E-state index in [1.165, 1.54) is 53.5 Å². The molecule has 0 radical (unpaired) electrons. The third-order valence-electron chi connectivity index (χ3n) is 6.17. The van der Waals surface area contributed by atoms with Gasteiger partial charge in [-0.1, -0.05) is 60.7 Å². The number of hydrogen-bond acceptors (Lipinski definition) is 1. The number of rotatable bonds is 2. The monoisotopic (exact) mass is 414 g/mol. The Balaban J connectivity index is 1.60. The van der Waals surface area contributed by atoms with Crippen molar-refractivity contribution in [1.82, 2.24) is 9.13 Å². The molecule has 0 saturated carbocycles. The first-order valence-corrected chi connectivity index (χ1v) is 11.3. The molecule has 4 aromatic carbocycles. The Kier molecular flexibility index (Phi) is 3.46. The van der Waals surface area contributed by atoms with Gasteiger partial charge in [0.1, 0.15) is 5.00 Å². The molecule has 7 rings (SSSR count). The van der Waals surface area contributed by atoms with E-state index in [9.17, 15) is 0 Å². The minimum Gasteiger partial charge on any atom is -0.309 e. The lowest BCUT2D eigenvalue weighted by Crippen LogP contribution is -1.94. The quantitative estimate of drug-likeness (QED) is 0.272. The van der Waals surface area contributed by atoms with Crippen LogP contribution in [0.4, 0.5) is 0 Å². The molecule has 7 aromatic rings. The second-order valence-corrected chi connectivity index (χ2v) is 8.95. The van der Waals surface area contributed by atoms with Crippen LogP contribution < -0.4 is 0 Å². The number of benzene rings is 4. The van der Waals surface area contributed by atoms with Gasteiger partial charge >= 0.3 is 0 Å². The minimum atomic E-state index is 1.19. The van der Waals surface area contributed by atoms with Gasteiger partial charge < -0.3 is 9.13 Å². The van der Waals surface area contributed by atoms with Crippen LogP contribution in [0.25, 0.3) is 53.5 Å². The van der Waals surface area contributed by atoms with Crippen molar-refractivity contribution in [1.29, 1.82) is 0 Å². The summed E-state index contributed by atoms with van der Waals surface area (Å²) in [7, 11) is 0. The Morgan fingerprint density at radius 3 is 2.29 bits per heavy atom. The average molecular weight is 415 g/mol. The van der Waals surface area contributed by atoms with Gasteiger partial charge in [0.15, 0.2) is 0 Å². The molecule has 3 heteroatoms. The maximum absolute atomic E-state index is 2.41. The van der Waals surface area contributed by atoms with E-state index in [1.807, 2.05) is 11.3 Å². The Morgan fingerprint density at radius 2 is 1.39 bits per heavy atom. The largest absolute Gasteiger partial charge is 0.309 e. The van der Waals surface area contributed by atoms with Crippen molar-refractivity contribution < 1.29 is 0 Å². The predicted molar refractivity (Wildman–Crippen MR) is 133 cm³/mol. The third kappa shape index (κ3) is 2.38. The SMILES string of the molecule is c1ccc(-n2c3ccccc3c3ccc4c(ccn4-c4cc5ccccc5s4)c32)cc1. The van der Waals surface area contributed by atoms with Gasteiger partial charge in [-0.3, -0.25) is 0 Å². The lowest BCUT2D eigenvalue weighted by Gasteiger charge is -2.09. The van der Waals surface area contributed by atoms with Gasteiger partial charge in [0.05, 0.1) is 16.6 Å². The zero-order valence-corrected chi connectivity index (χ0v) is 17.5. The smallest absolute Gasteiger partial charge is 0.101 e. The normalized spacial score (nSPS) is 11.9. The van der Waals surface area contributed by atoms with Gasteiger partial charge in [-0.15, -0.1) is 11.3 Å². The molecular formula is C28H18N2S. The van der Waals surface area contributed by atoms with Crippen LogP contribution in [0.2, 0.25) is 0 Å². The Morgan fingerprint density at radius 1 is 0.581 bits per heavy atom. The second kappa shape index (κ2) is 6.34. The lowest BCUT2D eigenvalue weighted by molar-refractivity contribution is 1.16. The molecule has 0 unspecified atom stereocenters. The third-order valence-corrected chi connectivity index (χ3v) is 7.28. The fourth-order valence-corrected chi connectivity index (χ4v) is 5.86. The highest BCUT2D eigenvalue weighted by molar-refractivity contribution is 7.21. The van der Waals surface area contributed by atoms with Gasteiger partial charge in [0.25, 0.3) is 0 Å². The van der Waals surface area contributed by atoms with Crippen molar-refractivity contribution in [2.45, 2.75) is 0 Å². The van der Waals surface area contributed by atoms with Crippen LogP contribution in [0.3, 0.4) is 0 Å². The van der Waals surface area contributed by atoms with E-state index in [0.717, 1.165) is 0 Å². The van der Waals surface area contributed by atoms with Crippen molar-refractivity contribution in [2.24, 2.45) is 0 Å². The zero-order chi connectivity index (χ0) is 20.4. The van der Waals surface area contributed by atoms with Crippen LogP contribution in [0.15, 0.2) is 109 Å². The van der Waals surface area contributed by atoms with Crippen molar-refractivity contribution in [3.05, 3.63) is 109 Å². The maximum atomic E-state index is 2.41. The van der Waals surface area contributed by atoms with E-state index in [1.54, 1.807) is 0 Å². The summed E-state index contributed by atoms with van der Waals surface area (Å²) in [5.74, 6) is 0. The lowest BCUT2D eigenvalue weighted by atomic mass is 10.1. The van der Waals surface area contributed by atoms with Crippen LogP contribution in [-0.4, -0.2) is 9.13 Å². The van der Waals surface area contributed by atoms with Gasteiger partial charge in [0, 0.05) is 32.7 Å². The summed E-state index contributed by atoms with van der Waals surface area (Å²) < 4.78 is 6.05. The van der Waals surface area contributed by atoms with Crippen molar-refractivity contribution >= 4 is 54.1 Å². The summed E-state index contributed by atoms with van der Waals surface area (Å²) in [4.78, 5) is 0. The summed E-state index contributed by atoms with van der Waals surface area (Å²) in [6.45, 7) is 0. The first kappa shape index (κ1) is 16.9. The highest BCUT2D eigenvalue weighted by atomic mass is 32.1. The van der Waals surface area contributed by atoms with Gasteiger partial charge in [0.2, 0.25) is 0 Å².